The van der Waals surface area contributed by atoms with Crippen molar-refractivity contribution in [2.45, 2.75) is 5.60 Å². The van der Waals surface area contributed by atoms with Crippen LogP contribution in [0.25, 0.3) is 0 Å². The summed E-state index contributed by atoms with van der Waals surface area (Å²) in [4.78, 5) is 9.91. The van der Waals surface area contributed by atoms with Crippen molar-refractivity contribution in [3.8, 4) is 0 Å². The fourth-order valence-electron chi connectivity index (χ4n) is 0.185. The van der Waals surface area contributed by atoms with Crippen LogP contribution < -0.4 is 0 Å². The number of aliphatic hydroxyl groups excluding tert-OH is 2. The van der Waals surface area contributed by atoms with Crippen LogP contribution in [0.3, 0.4) is 0 Å². The Bertz CT molecular complexity index is 106. The highest BCUT2D eigenvalue weighted by Crippen LogP contribution is 2.00. The van der Waals surface area contributed by atoms with E-state index in [9.17, 15) is 4.79 Å². The van der Waals surface area contributed by atoms with Crippen molar-refractivity contribution in [3.63, 3.8) is 0 Å². The Kier molecular flexibility index (Phi) is 2.57. The second-order valence-electron chi connectivity index (χ2n) is 1.65. The van der Waals surface area contributed by atoms with Gasteiger partial charge in [-0.1, -0.05) is 0 Å². The molecule has 0 radical (unpaired) electrons. The van der Waals surface area contributed by atoms with Crippen LogP contribution in [0.2, 0.25) is 0 Å². The molecule has 9 heavy (non-hydrogen) atoms. The molecule has 0 unspecified atom stereocenters. The molecule has 0 fully saturated rings. The summed E-state index contributed by atoms with van der Waals surface area (Å²) in [5.41, 5.74) is -2.39. The van der Waals surface area contributed by atoms with E-state index in [-0.39, 0.29) is 0 Å². The first-order valence-corrected chi connectivity index (χ1v) is 2.24. The van der Waals surface area contributed by atoms with Gasteiger partial charge in [0, 0.05) is 0 Å². The van der Waals surface area contributed by atoms with Gasteiger partial charge in [0.2, 0.25) is 5.60 Å². The zero-order valence-corrected chi connectivity index (χ0v) is 4.61. The molecule has 0 atom stereocenters. The Balaban J connectivity index is 4.09. The largest absolute Gasteiger partial charge is 0.479 e. The van der Waals surface area contributed by atoms with E-state index < -0.39 is 24.8 Å². The third-order valence-corrected chi connectivity index (χ3v) is 0.921. The number of aliphatic carboxylic acids is 1. The first-order chi connectivity index (χ1) is 4.06. The van der Waals surface area contributed by atoms with Crippen LogP contribution in [0.4, 0.5) is 0 Å². The fourth-order valence-corrected chi connectivity index (χ4v) is 0.185. The van der Waals surface area contributed by atoms with Gasteiger partial charge in [0.1, 0.15) is 0 Å². The van der Waals surface area contributed by atoms with E-state index in [1.54, 1.807) is 0 Å². The lowest BCUT2D eigenvalue weighted by molar-refractivity contribution is -0.167. The highest BCUT2D eigenvalue weighted by Gasteiger charge is 2.34. The Morgan fingerprint density at radius 1 is 1.33 bits per heavy atom. The van der Waals surface area contributed by atoms with Crippen LogP contribution >= 0.6 is 0 Å². The van der Waals surface area contributed by atoms with Crippen LogP contribution in [-0.2, 0) is 4.79 Å². The van der Waals surface area contributed by atoms with Crippen LogP contribution in [0, 0.1) is 0 Å². The van der Waals surface area contributed by atoms with Crippen LogP contribution in [0.15, 0.2) is 0 Å². The van der Waals surface area contributed by atoms with Crippen LogP contribution in [0.1, 0.15) is 0 Å². The lowest BCUT2D eigenvalue weighted by Gasteiger charge is -2.16. The molecule has 0 aromatic rings. The fraction of sp³-hybridized carbons (Fsp3) is 0.750. The third kappa shape index (κ3) is 1.63. The number of carbonyl (C=O) groups is 1. The monoisotopic (exact) mass is 136 g/mol. The minimum atomic E-state index is -2.39. The molecular formula is C4H8O5. The molecule has 5 heteroatoms. The number of rotatable bonds is 3. The van der Waals surface area contributed by atoms with E-state index in [1.807, 2.05) is 0 Å². The van der Waals surface area contributed by atoms with Gasteiger partial charge in [-0.25, -0.2) is 4.79 Å². The smallest absolute Gasteiger partial charge is 0.340 e. The molecule has 0 aromatic carbocycles. The minimum Gasteiger partial charge on any atom is -0.479 e. The van der Waals surface area contributed by atoms with Crippen LogP contribution in [0.5, 0.6) is 0 Å². The van der Waals surface area contributed by atoms with Crippen molar-refractivity contribution in [2.24, 2.45) is 0 Å². The number of aliphatic hydroxyl groups is 3. The maximum absolute atomic E-state index is 9.91. The van der Waals surface area contributed by atoms with E-state index in [0.29, 0.717) is 0 Å². The molecule has 0 saturated heterocycles. The molecule has 0 rings (SSSR count). The summed E-state index contributed by atoms with van der Waals surface area (Å²) in [7, 11) is 0. The quantitative estimate of drug-likeness (QED) is 0.352. The van der Waals surface area contributed by atoms with Crippen LogP contribution in [-0.4, -0.2) is 45.2 Å². The van der Waals surface area contributed by atoms with E-state index in [0.717, 1.165) is 0 Å². The number of carboxylic acids is 1. The van der Waals surface area contributed by atoms with Gasteiger partial charge in [0.25, 0.3) is 0 Å². The maximum Gasteiger partial charge on any atom is 0.340 e. The molecule has 0 aliphatic rings. The molecule has 54 valence electrons. The molecule has 0 aliphatic heterocycles. The summed E-state index contributed by atoms with van der Waals surface area (Å²) in [5, 5.41) is 33.0. The lowest BCUT2D eigenvalue weighted by atomic mass is 10.1. The SMILES string of the molecule is O=C(O)C(O)(CO)CO. The van der Waals surface area contributed by atoms with Crippen molar-refractivity contribution in [3.05, 3.63) is 0 Å². The molecular weight excluding hydrogens is 128 g/mol. The predicted molar refractivity (Wildman–Crippen MR) is 26.8 cm³/mol. The average Bonchev–Trinajstić information content (AvgIpc) is 1.86. The van der Waals surface area contributed by atoms with Gasteiger partial charge in [0.05, 0.1) is 13.2 Å². The topological polar surface area (TPSA) is 98.0 Å². The van der Waals surface area contributed by atoms with Gasteiger partial charge in [-0.15, -0.1) is 0 Å². The summed E-state index contributed by atoms with van der Waals surface area (Å²) in [5.74, 6) is -1.63. The Hall–Kier alpha value is -0.650. The summed E-state index contributed by atoms with van der Waals surface area (Å²) >= 11 is 0. The molecule has 0 spiro atoms. The Morgan fingerprint density at radius 2 is 1.67 bits per heavy atom. The van der Waals surface area contributed by atoms with Gasteiger partial charge >= 0.3 is 5.97 Å². The third-order valence-electron chi connectivity index (χ3n) is 0.921. The summed E-state index contributed by atoms with van der Waals surface area (Å²) in [6.45, 7) is -1.97. The highest BCUT2D eigenvalue weighted by molar-refractivity contribution is 5.77. The van der Waals surface area contributed by atoms with Gasteiger partial charge in [-0.05, 0) is 0 Å². The second-order valence-corrected chi connectivity index (χ2v) is 1.65. The molecule has 0 aromatic heterocycles. The average molecular weight is 136 g/mol. The molecule has 0 amide bonds. The Labute approximate surface area is 51.2 Å². The minimum absolute atomic E-state index is 0.987. The van der Waals surface area contributed by atoms with Crippen molar-refractivity contribution >= 4 is 5.97 Å². The molecule has 0 bridgehead atoms. The maximum atomic E-state index is 9.91. The van der Waals surface area contributed by atoms with Crippen molar-refractivity contribution in [2.75, 3.05) is 13.2 Å². The predicted octanol–water partition coefficient (Wildman–Crippen LogP) is -2.21. The number of hydrogen-bond acceptors (Lipinski definition) is 4. The first kappa shape index (κ1) is 8.35. The summed E-state index contributed by atoms with van der Waals surface area (Å²) in [6.07, 6.45) is 0. The Morgan fingerprint density at radius 3 is 1.67 bits per heavy atom. The van der Waals surface area contributed by atoms with Crippen molar-refractivity contribution < 1.29 is 25.2 Å². The second kappa shape index (κ2) is 2.77. The lowest BCUT2D eigenvalue weighted by Crippen LogP contribution is -2.45. The molecule has 0 aliphatic carbocycles. The van der Waals surface area contributed by atoms with Crippen molar-refractivity contribution in [1.29, 1.82) is 0 Å². The van der Waals surface area contributed by atoms with Crippen molar-refractivity contribution in [1.82, 2.24) is 0 Å². The standard InChI is InChI=1S/C4H8O5/c5-1-4(9,2-6)3(7)8/h5-6,9H,1-2H2,(H,7,8). The highest BCUT2D eigenvalue weighted by atomic mass is 16.4. The van der Waals surface area contributed by atoms with E-state index in [4.69, 9.17) is 20.4 Å². The zero-order chi connectivity index (χ0) is 7.49. The molecule has 4 N–H and O–H groups in total. The molecule has 0 saturated carbocycles. The van der Waals surface area contributed by atoms with Gasteiger partial charge < -0.3 is 20.4 Å². The zero-order valence-electron chi connectivity index (χ0n) is 4.61. The number of hydrogen-bond donors (Lipinski definition) is 4. The number of carboxylic acid groups (broad SMARTS) is 1. The van der Waals surface area contributed by atoms with Gasteiger partial charge in [-0.2, -0.15) is 0 Å². The summed E-state index contributed by atoms with van der Waals surface area (Å²) < 4.78 is 0. The molecule has 0 heterocycles. The van der Waals surface area contributed by atoms with E-state index >= 15 is 0 Å². The van der Waals surface area contributed by atoms with Gasteiger partial charge in [-0.3, -0.25) is 0 Å². The van der Waals surface area contributed by atoms with E-state index in [2.05, 4.69) is 0 Å². The normalized spacial score (nSPS) is 11.4. The first-order valence-electron chi connectivity index (χ1n) is 2.24. The summed E-state index contributed by atoms with van der Waals surface area (Å²) in [6, 6.07) is 0. The van der Waals surface area contributed by atoms with E-state index in [1.165, 1.54) is 0 Å². The van der Waals surface area contributed by atoms with Gasteiger partial charge in [0.15, 0.2) is 0 Å². The molecule has 5 nitrogen and oxygen atoms in total.